The van der Waals surface area contributed by atoms with Gasteiger partial charge in [0.2, 0.25) is 0 Å². The minimum absolute atomic E-state index is 0.182. The lowest BCUT2D eigenvalue weighted by Gasteiger charge is -2.36. The van der Waals surface area contributed by atoms with Crippen LogP contribution in [0.5, 0.6) is 17.2 Å². The lowest BCUT2D eigenvalue weighted by atomic mass is 9.80. The molecule has 0 radical (unpaired) electrons. The van der Waals surface area contributed by atoms with Gasteiger partial charge in [-0.1, -0.05) is 115 Å². The maximum Gasteiger partial charge on any atom is 0.407 e. The van der Waals surface area contributed by atoms with Gasteiger partial charge in [-0.2, -0.15) is 0 Å². The summed E-state index contributed by atoms with van der Waals surface area (Å²) < 4.78 is 62.9. The number of esters is 1. The molecule has 6 aromatic carbocycles. The number of fused-ring (bicyclic) bond motifs is 3. The highest BCUT2D eigenvalue weighted by Crippen LogP contribution is 2.50. The van der Waals surface area contributed by atoms with Crippen molar-refractivity contribution in [1.29, 1.82) is 0 Å². The van der Waals surface area contributed by atoms with E-state index in [1.807, 2.05) is 122 Å². The quantitative estimate of drug-likeness (QED) is 0.0531. The fourth-order valence-electron chi connectivity index (χ4n) is 9.23. The summed E-state index contributed by atoms with van der Waals surface area (Å²) in [6, 6.07) is 48.1. The van der Waals surface area contributed by atoms with Crippen LogP contribution < -0.4 is 19.3 Å². The lowest BCUT2D eigenvalue weighted by molar-refractivity contribution is -0.158. The molecule has 1 fully saturated rings. The predicted molar refractivity (Wildman–Crippen MR) is 264 cm³/mol. The Bertz CT molecular complexity index is 2660. The van der Waals surface area contributed by atoms with Crippen molar-refractivity contribution in [2.45, 2.75) is 83.2 Å². The number of hydrogen-bond acceptors (Lipinski definition) is 11. The molecule has 0 spiro atoms. The number of carbonyl (C=O) groups excluding carboxylic acids is 2. The largest absolute Gasteiger partial charge is 0.497 e. The molecule has 1 aliphatic heterocycles. The van der Waals surface area contributed by atoms with Gasteiger partial charge < -0.3 is 38.3 Å². The normalized spacial score (nSPS) is 19.1. The van der Waals surface area contributed by atoms with Crippen molar-refractivity contribution in [2.24, 2.45) is 5.41 Å². The van der Waals surface area contributed by atoms with Gasteiger partial charge in [-0.3, -0.25) is 9.32 Å². The predicted octanol–water partition coefficient (Wildman–Crippen LogP) is 11.5. The van der Waals surface area contributed by atoms with E-state index in [1.165, 1.54) is 6.66 Å². The molecule has 0 aromatic heterocycles. The first kappa shape index (κ1) is 49.0. The third kappa shape index (κ3) is 10.7. The lowest BCUT2D eigenvalue weighted by Crippen LogP contribution is -2.49. The van der Waals surface area contributed by atoms with E-state index in [9.17, 15) is 14.2 Å². The summed E-state index contributed by atoms with van der Waals surface area (Å²) in [4.78, 5) is 26.7. The molecule has 1 amide bonds. The summed E-state index contributed by atoms with van der Waals surface area (Å²) in [5, 5.41) is 2.94. The fraction of sp³-hybridized carbons (Fsp3) is 0.321. The third-order valence-corrected chi connectivity index (χ3v) is 13.8. The van der Waals surface area contributed by atoms with Crippen LogP contribution in [0.2, 0.25) is 0 Å². The fourth-order valence-corrected chi connectivity index (χ4v) is 10.5. The molecule has 1 aliphatic carbocycles. The van der Waals surface area contributed by atoms with Crippen molar-refractivity contribution in [1.82, 2.24) is 5.32 Å². The summed E-state index contributed by atoms with van der Waals surface area (Å²) in [5.74, 6) is 1.08. The Kier molecular flexibility index (Phi) is 14.7. The highest BCUT2D eigenvalue weighted by Gasteiger charge is 2.49. The van der Waals surface area contributed by atoms with Crippen molar-refractivity contribution >= 4 is 19.7 Å². The molecule has 6 aromatic rings. The zero-order valence-corrected chi connectivity index (χ0v) is 41.1. The third-order valence-electron chi connectivity index (χ3n) is 12.7. The minimum atomic E-state index is -3.96. The van der Waals surface area contributed by atoms with Gasteiger partial charge in [0, 0.05) is 12.6 Å². The van der Waals surface area contributed by atoms with Crippen molar-refractivity contribution in [3.63, 3.8) is 0 Å². The zero-order chi connectivity index (χ0) is 48.9. The number of methoxy groups -OCH3 is 2. The molecular formula is C56H60NO11P. The second-order valence-electron chi connectivity index (χ2n) is 18.5. The Morgan fingerprint density at radius 3 is 1.74 bits per heavy atom. The summed E-state index contributed by atoms with van der Waals surface area (Å²) in [6.07, 6.45) is -3.87. The number of ether oxygens (including phenoxy) is 6. The summed E-state index contributed by atoms with van der Waals surface area (Å²) in [6.45, 7) is 10.2. The van der Waals surface area contributed by atoms with Crippen LogP contribution in [0.25, 0.3) is 11.1 Å². The average molecular weight is 954 g/mol. The molecule has 1 N–H and O–H groups in total. The Morgan fingerprint density at radius 1 is 0.696 bits per heavy atom. The van der Waals surface area contributed by atoms with Gasteiger partial charge in [0.25, 0.3) is 0 Å². The number of rotatable bonds is 17. The molecule has 6 atom stereocenters. The van der Waals surface area contributed by atoms with Gasteiger partial charge in [0.05, 0.1) is 38.4 Å². The number of alkyl carbamates (subject to hydrolysis) is 1. The summed E-state index contributed by atoms with van der Waals surface area (Å²) in [7, 11) is -0.695. The van der Waals surface area contributed by atoms with Crippen LogP contribution in [0.3, 0.4) is 0 Å². The molecular weight excluding hydrogens is 894 g/mol. The van der Waals surface area contributed by atoms with Gasteiger partial charge in [0.15, 0.2) is 0 Å². The smallest absolute Gasteiger partial charge is 0.407 e. The first-order valence-corrected chi connectivity index (χ1v) is 25.1. The minimum Gasteiger partial charge on any atom is -0.497 e. The van der Waals surface area contributed by atoms with Gasteiger partial charge >= 0.3 is 19.7 Å². The number of hydrogen-bond donors (Lipinski definition) is 1. The van der Waals surface area contributed by atoms with Gasteiger partial charge in [-0.05, 0) is 116 Å². The van der Waals surface area contributed by atoms with E-state index >= 15 is 0 Å². The molecule has 360 valence electrons. The maximum atomic E-state index is 14.4. The first-order chi connectivity index (χ1) is 33.1. The van der Waals surface area contributed by atoms with E-state index in [4.69, 9.17) is 37.5 Å². The van der Waals surface area contributed by atoms with Gasteiger partial charge in [-0.15, -0.1) is 0 Å². The molecule has 8 rings (SSSR count). The van der Waals surface area contributed by atoms with E-state index in [-0.39, 0.29) is 24.9 Å². The molecule has 69 heavy (non-hydrogen) atoms. The highest BCUT2D eigenvalue weighted by molar-refractivity contribution is 7.53. The number of carbonyl (C=O) groups is 2. The van der Waals surface area contributed by atoms with E-state index < -0.39 is 61.1 Å². The second-order valence-corrected chi connectivity index (χ2v) is 20.5. The van der Waals surface area contributed by atoms with E-state index in [0.29, 0.717) is 0 Å². The van der Waals surface area contributed by atoms with Gasteiger partial charge in [-0.25, -0.2) is 9.36 Å². The van der Waals surface area contributed by atoms with Gasteiger partial charge in [0.1, 0.15) is 47.8 Å². The van der Waals surface area contributed by atoms with Crippen LogP contribution in [0.4, 0.5) is 4.79 Å². The topological polar surface area (TPSA) is 137 Å². The van der Waals surface area contributed by atoms with Crippen LogP contribution in [-0.4, -0.2) is 70.0 Å². The Balaban J connectivity index is 0.995. The second kappa shape index (κ2) is 20.7. The molecule has 2 aliphatic rings. The van der Waals surface area contributed by atoms with Crippen LogP contribution in [0.1, 0.15) is 73.9 Å². The standard InChI is InChI=1S/C56H60NO11P/c1-36(50-47-20-14-12-18-45(47)46-19-13-15-21-48(46)50)66-54(59)57-51-37(2)65-49(35-63-53(58)55(3,4)5)52(51)68-69(8,60)67-44-28-22-38(23-29-44)34-64-56(39-16-10-9-11-17-39,40-24-30-42(61-6)31-25-40)41-26-32-43(62-7)33-27-41/h9-33,36-37,49-52H,34-35H2,1-8H3,(H,57,59)/t36?,37-,49+,51?,52?,69?/m0/s1. The van der Waals surface area contributed by atoms with Crippen molar-refractivity contribution in [3.05, 3.63) is 185 Å². The van der Waals surface area contributed by atoms with Crippen LogP contribution in [0, 0.1) is 5.41 Å². The van der Waals surface area contributed by atoms with Crippen LogP contribution in [-0.2, 0) is 45.0 Å². The van der Waals surface area contributed by atoms with Crippen molar-refractivity contribution in [2.75, 3.05) is 27.5 Å². The zero-order valence-electron chi connectivity index (χ0n) is 40.3. The molecule has 12 nitrogen and oxygen atoms in total. The van der Waals surface area contributed by atoms with Crippen LogP contribution >= 0.6 is 7.60 Å². The molecule has 1 heterocycles. The molecule has 1 saturated heterocycles. The molecule has 0 saturated carbocycles. The van der Waals surface area contributed by atoms with E-state index in [1.54, 1.807) is 54.0 Å². The summed E-state index contributed by atoms with van der Waals surface area (Å²) in [5.41, 5.74) is 6.05. The monoisotopic (exact) mass is 953 g/mol. The van der Waals surface area contributed by atoms with E-state index in [2.05, 4.69) is 29.6 Å². The number of amides is 1. The Morgan fingerprint density at radius 2 is 1.20 bits per heavy atom. The highest BCUT2D eigenvalue weighted by atomic mass is 31.2. The number of nitrogens with one attached hydrogen (secondary N) is 1. The Hall–Kier alpha value is -6.43. The maximum absolute atomic E-state index is 14.4. The Labute approximate surface area is 404 Å². The first-order valence-electron chi connectivity index (χ1n) is 23.1. The van der Waals surface area contributed by atoms with Crippen molar-refractivity contribution in [3.8, 4) is 28.4 Å². The SMILES string of the molecule is COc1ccc(C(OCc2ccc(OP(C)(=O)OC3C(NC(=O)OC(C)C4c5ccccc5-c5ccccc54)[C@H](C)O[C@@H]3COC(=O)C(C)(C)C)cc2)(c2ccccc2)c2ccc(OC)cc2)cc1. The molecule has 13 heteroatoms. The van der Waals surface area contributed by atoms with Crippen molar-refractivity contribution < 1.29 is 51.6 Å². The molecule has 4 unspecified atom stereocenters. The average Bonchev–Trinajstić information content (AvgIpc) is 3.83. The summed E-state index contributed by atoms with van der Waals surface area (Å²) >= 11 is 0. The van der Waals surface area contributed by atoms with Crippen LogP contribution in [0.15, 0.2) is 152 Å². The number of benzene rings is 6. The molecule has 0 bridgehead atoms. The van der Waals surface area contributed by atoms with E-state index in [0.717, 1.165) is 56.0 Å².